The van der Waals surface area contributed by atoms with Crippen molar-refractivity contribution in [3.05, 3.63) is 0 Å². The van der Waals surface area contributed by atoms with Crippen molar-refractivity contribution in [3.63, 3.8) is 0 Å². The lowest BCUT2D eigenvalue weighted by Crippen LogP contribution is -2.49. The molecule has 5 unspecified atom stereocenters. The molecule has 0 saturated carbocycles. The van der Waals surface area contributed by atoms with E-state index in [4.69, 9.17) is 5.11 Å². The van der Waals surface area contributed by atoms with Crippen molar-refractivity contribution in [1.29, 1.82) is 0 Å². The molecule has 0 aromatic heterocycles. The molecule has 0 spiro atoms. The van der Waals surface area contributed by atoms with Crippen LogP contribution in [0.4, 0.5) is 0 Å². The number of nitrogens with one attached hydrogen (secondary N) is 3. The van der Waals surface area contributed by atoms with Crippen LogP contribution in [0, 0.1) is 11.8 Å². The van der Waals surface area contributed by atoms with Gasteiger partial charge in [-0.15, -0.1) is 0 Å². The van der Waals surface area contributed by atoms with Crippen LogP contribution in [0.3, 0.4) is 0 Å². The van der Waals surface area contributed by atoms with Crippen LogP contribution in [0.2, 0.25) is 0 Å². The Bertz CT molecular complexity index is 832. The molecule has 1 heterocycles. The van der Waals surface area contributed by atoms with E-state index >= 15 is 0 Å². The van der Waals surface area contributed by atoms with E-state index in [0.717, 1.165) is 0 Å². The Kier molecular flexibility index (Phi) is 12.3. The predicted octanol–water partition coefficient (Wildman–Crippen LogP) is -0.359. The maximum atomic E-state index is 12.6. The third-order valence-corrected chi connectivity index (χ3v) is 6.07. The molecule has 13 heteroatoms. The highest BCUT2D eigenvalue weighted by Gasteiger charge is 2.41. The number of carbonyl (C=O) groups is 6. The fraction of sp³-hybridized carbons (Fsp3) is 0.739. The highest BCUT2D eigenvalue weighted by atomic mass is 16.4. The first-order valence-corrected chi connectivity index (χ1v) is 12.1. The van der Waals surface area contributed by atoms with Crippen molar-refractivity contribution < 1.29 is 44.1 Å². The summed E-state index contributed by atoms with van der Waals surface area (Å²) in [6.07, 6.45) is 0.457. The summed E-state index contributed by atoms with van der Waals surface area (Å²) in [5.41, 5.74) is 0. The van der Waals surface area contributed by atoms with E-state index < -0.39 is 60.4 Å². The number of aliphatic carboxylic acids is 3. The highest BCUT2D eigenvalue weighted by molar-refractivity contribution is 5.89. The van der Waals surface area contributed by atoms with Crippen molar-refractivity contribution in [2.24, 2.45) is 11.8 Å². The van der Waals surface area contributed by atoms with Crippen LogP contribution >= 0.6 is 0 Å². The second-order valence-corrected chi connectivity index (χ2v) is 9.54. The number of carbonyl (C=O) groups excluding carboxylic acids is 3. The van der Waals surface area contributed by atoms with Gasteiger partial charge in [0, 0.05) is 24.9 Å². The molecule has 0 aromatic carbocycles. The minimum Gasteiger partial charge on any atom is -0.480 e. The van der Waals surface area contributed by atoms with Gasteiger partial charge in [-0.3, -0.25) is 29.3 Å². The van der Waals surface area contributed by atoms with Gasteiger partial charge < -0.3 is 30.9 Å². The molecule has 1 aliphatic heterocycles. The van der Waals surface area contributed by atoms with Gasteiger partial charge in [-0.25, -0.2) is 4.79 Å². The van der Waals surface area contributed by atoms with Gasteiger partial charge in [0.2, 0.25) is 17.7 Å². The van der Waals surface area contributed by atoms with Gasteiger partial charge in [0.1, 0.15) is 24.7 Å². The largest absolute Gasteiger partial charge is 0.480 e. The fourth-order valence-corrected chi connectivity index (χ4v) is 3.99. The standard InChI is InChI=1S/C23H38N4O9/c1-5-13(4)21(32)27-11-14(9-17(27)23(35)36)25-15(22(33)34)6-7-18(28)26-16(8-12(2)3)20(31)24-10-19(29)30/h12-17,25H,5-11H2,1-4H3,(H,24,31)(H,26,28)(H,29,30)(H,33,34)(H,35,36). The first kappa shape index (κ1) is 30.8. The highest BCUT2D eigenvalue weighted by Crippen LogP contribution is 2.22. The molecule has 1 saturated heterocycles. The zero-order valence-electron chi connectivity index (χ0n) is 21.2. The first-order chi connectivity index (χ1) is 16.8. The second-order valence-electron chi connectivity index (χ2n) is 9.54. The second kappa shape index (κ2) is 14.4. The molecule has 5 atom stereocenters. The van der Waals surface area contributed by atoms with Crippen molar-refractivity contribution in [2.45, 2.75) is 84.0 Å². The normalized spacial score (nSPS) is 19.9. The predicted molar refractivity (Wildman–Crippen MR) is 127 cm³/mol. The number of carboxylic acids is 3. The van der Waals surface area contributed by atoms with E-state index in [2.05, 4.69) is 16.0 Å². The molecule has 1 rings (SSSR count). The van der Waals surface area contributed by atoms with Crippen LogP contribution in [0.25, 0.3) is 0 Å². The number of carboxylic acid groups (broad SMARTS) is 3. The van der Waals surface area contributed by atoms with Crippen LogP contribution in [0.5, 0.6) is 0 Å². The van der Waals surface area contributed by atoms with Gasteiger partial charge >= 0.3 is 17.9 Å². The van der Waals surface area contributed by atoms with E-state index in [1.165, 1.54) is 4.90 Å². The van der Waals surface area contributed by atoms with Gasteiger partial charge in [-0.2, -0.15) is 0 Å². The van der Waals surface area contributed by atoms with Crippen molar-refractivity contribution >= 4 is 35.6 Å². The number of amides is 3. The lowest BCUT2D eigenvalue weighted by molar-refractivity contribution is -0.149. The van der Waals surface area contributed by atoms with Crippen LogP contribution in [-0.4, -0.2) is 93.1 Å². The molecule has 0 aromatic rings. The Morgan fingerprint density at radius 3 is 2.14 bits per heavy atom. The van der Waals surface area contributed by atoms with E-state index in [-0.39, 0.29) is 50.0 Å². The van der Waals surface area contributed by atoms with Crippen LogP contribution < -0.4 is 16.0 Å². The summed E-state index contributed by atoms with van der Waals surface area (Å²) in [4.78, 5) is 72.7. The van der Waals surface area contributed by atoms with Crippen LogP contribution in [-0.2, 0) is 28.8 Å². The molecular weight excluding hydrogens is 476 g/mol. The summed E-state index contributed by atoms with van der Waals surface area (Å²) in [5.74, 6) is -5.51. The Labute approximate surface area is 210 Å². The average molecular weight is 515 g/mol. The van der Waals surface area contributed by atoms with Crippen LogP contribution in [0.15, 0.2) is 0 Å². The third-order valence-electron chi connectivity index (χ3n) is 6.07. The molecular formula is C23H38N4O9. The van der Waals surface area contributed by atoms with Gasteiger partial charge in [0.25, 0.3) is 0 Å². The maximum absolute atomic E-state index is 12.6. The smallest absolute Gasteiger partial charge is 0.326 e. The molecule has 0 aliphatic carbocycles. The minimum absolute atomic E-state index is 0.0185. The van der Waals surface area contributed by atoms with Gasteiger partial charge in [-0.05, 0) is 31.6 Å². The number of hydrogen-bond donors (Lipinski definition) is 6. The Hall–Kier alpha value is -3.22. The molecule has 1 fully saturated rings. The van der Waals surface area contributed by atoms with Crippen LogP contribution in [0.1, 0.15) is 59.8 Å². The number of rotatable bonds is 15. The van der Waals surface area contributed by atoms with Crippen molar-refractivity contribution in [1.82, 2.24) is 20.9 Å². The number of nitrogens with zero attached hydrogens (tertiary/aromatic N) is 1. The molecule has 3 amide bonds. The molecule has 204 valence electrons. The number of hydrogen-bond acceptors (Lipinski definition) is 7. The fourth-order valence-electron chi connectivity index (χ4n) is 3.99. The Balaban J connectivity index is 2.77. The van der Waals surface area contributed by atoms with E-state index in [9.17, 15) is 39.0 Å². The monoisotopic (exact) mass is 514 g/mol. The molecule has 36 heavy (non-hydrogen) atoms. The Morgan fingerprint density at radius 1 is 1.00 bits per heavy atom. The van der Waals surface area contributed by atoms with Gasteiger partial charge in [0.05, 0.1) is 0 Å². The summed E-state index contributed by atoms with van der Waals surface area (Å²) >= 11 is 0. The average Bonchev–Trinajstić information content (AvgIpc) is 3.22. The van der Waals surface area contributed by atoms with Crippen molar-refractivity contribution in [2.75, 3.05) is 13.1 Å². The van der Waals surface area contributed by atoms with Gasteiger partial charge in [-0.1, -0.05) is 27.7 Å². The quantitative estimate of drug-likeness (QED) is 0.167. The Morgan fingerprint density at radius 2 is 1.64 bits per heavy atom. The summed E-state index contributed by atoms with van der Waals surface area (Å²) in [7, 11) is 0. The topological polar surface area (TPSA) is 202 Å². The van der Waals surface area contributed by atoms with E-state index in [0.29, 0.717) is 6.42 Å². The van der Waals surface area contributed by atoms with E-state index in [1.807, 2.05) is 20.8 Å². The third kappa shape index (κ3) is 9.80. The van der Waals surface area contributed by atoms with E-state index in [1.54, 1.807) is 6.92 Å². The lowest BCUT2D eigenvalue weighted by atomic mass is 10.0. The molecule has 13 nitrogen and oxygen atoms in total. The van der Waals surface area contributed by atoms with Crippen molar-refractivity contribution in [3.8, 4) is 0 Å². The molecule has 1 aliphatic rings. The summed E-state index contributed by atoms with van der Waals surface area (Å²) in [6.45, 7) is 6.62. The summed E-state index contributed by atoms with van der Waals surface area (Å²) in [5, 5.41) is 35.5. The first-order valence-electron chi connectivity index (χ1n) is 12.1. The molecule has 0 radical (unpaired) electrons. The molecule has 0 bridgehead atoms. The maximum Gasteiger partial charge on any atom is 0.326 e. The zero-order valence-corrected chi connectivity index (χ0v) is 21.2. The SMILES string of the molecule is CCC(C)C(=O)N1CC(NC(CCC(=O)NC(CC(C)C)C(=O)NCC(=O)O)C(=O)O)CC1C(=O)O. The summed E-state index contributed by atoms with van der Waals surface area (Å²) < 4.78 is 0. The minimum atomic E-state index is -1.24. The zero-order chi connectivity index (χ0) is 27.6. The number of likely N-dealkylation sites (tertiary alicyclic amines) is 1. The molecule has 6 N–H and O–H groups in total. The summed E-state index contributed by atoms with van der Waals surface area (Å²) in [6, 6.07) is -3.81. The lowest BCUT2D eigenvalue weighted by Gasteiger charge is -2.25. The van der Waals surface area contributed by atoms with Gasteiger partial charge in [0.15, 0.2) is 0 Å².